The largest absolute Gasteiger partial charge is 0.473 e. The van der Waals surface area contributed by atoms with Crippen LogP contribution in [-0.4, -0.2) is 36.4 Å². The number of pyridine rings is 2. The molecule has 1 fully saturated rings. The molecule has 1 aromatic carbocycles. The summed E-state index contributed by atoms with van der Waals surface area (Å²) in [7, 11) is -4.30. The molecule has 11 heteroatoms. The zero-order chi connectivity index (χ0) is 26.1. The molecule has 0 bridgehead atoms. The smallest absolute Gasteiger partial charge is 0.281 e. The van der Waals surface area contributed by atoms with Crippen molar-refractivity contribution >= 4 is 45.0 Å². The lowest BCUT2D eigenvalue weighted by Gasteiger charge is -2.36. The SMILES string of the molecule is CC1CCN(c2ncccc2C(=O)NS(=O)(=O)c2cccc(OCc3c(Cl)cccc3Cl)n2)C1(C)C. The highest BCUT2D eigenvalue weighted by Crippen LogP contribution is 2.38. The Bertz CT molecular complexity index is 1380. The molecular formula is C25H26Cl2N4O4S. The Balaban J connectivity index is 1.54. The molecule has 1 atom stereocenters. The summed E-state index contributed by atoms with van der Waals surface area (Å²) in [5, 5.41) is 0.474. The number of nitrogens with zero attached hydrogens (tertiary/aromatic N) is 3. The van der Waals surface area contributed by atoms with Crippen LogP contribution in [-0.2, 0) is 16.6 Å². The Hall–Kier alpha value is -2.88. The zero-order valence-corrected chi connectivity index (χ0v) is 22.4. The quantitative estimate of drug-likeness (QED) is 0.437. The van der Waals surface area contributed by atoms with Gasteiger partial charge >= 0.3 is 0 Å². The van der Waals surface area contributed by atoms with Crippen LogP contribution in [0.1, 0.15) is 43.1 Å². The minimum Gasteiger partial charge on any atom is -0.473 e. The third-order valence-electron chi connectivity index (χ3n) is 6.60. The highest BCUT2D eigenvalue weighted by Gasteiger charge is 2.40. The van der Waals surface area contributed by atoms with Crippen LogP contribution >= 0.6 is 23.2 Å². The van der Waals surface area contributed by atoms with Crippen molar-refractivity contribution in [3.05, 3.63) is 75.9 Å². The van der Waals surface area contributed by atoms with E-state index in [0.717, 1.165) is 6.42 Å². The molecule has 4 rings (SSSR count). The van der Waals surface area contributed by atoms with E-state index in [4.69, 9.17) is 27.9 Å². The van der Waals surface area contributed by atoms with E-state index in [1.54, 1.807) is 36.5 Å². The van der Waals surface area contributed by atoms with Gasteiger partial charge in [0.25, 0.3) is 15.9 Å². The van der Waals surface area contributed by atoms with E-state index in [1.165, 1.54) is 18.2 Å². The summed E-state index contributed by atoms with van der Waals surface area (Å²) in [5.41, 5.74) is 0.483. The van der Waals surface area contributed by atoms with Crippen molar-refractivity contribution in [1.29, 1.82) is 0 Å². The van der Waals surface area contributed by atoms with Crippen molar-refractivity contribution in [3.63, 3.8) is 0 Å². The van der Waals surface area contributed by atoms with Gasteiger partial charge in [-0.05, 0) is 56.5 Å². The number of ether oxygens (including phenoxy) is 1. The number of hydrogen-bond acceptors (Lipinski definition) is 7. The van der Waals surface area contributed by atoms with E-state index in [0.29, 0.717) is 33.9 Å². The summed E-state index contributed by atoms with van der Waals surface area (Å²) < 4.78 is 33.8. The Morgan fingerprint density at radius 2 is 1.83 bits per heavy atom. The maximum Gasteiger partial charge on any atom is 0.281 e. The second-order valence-electron chi connectivity index (χ2n) is 9.11. The minimum absolute atomic E-state index is 0.00947. The van der Waals surface area contributed by atoms with Crippen molar-refractivity contribution in [2.45, 2.75) is 44.4 Å². The maximum absolute atomic E-state index is 13.1. The fraction of sp³-hybridized carbons (Fsp3) is 0.320. The number of rotatable bonds is 7. The molecule has 1 saturated heterocycles. The lowest BCUT2D eigenvalue weighted by atomic mass is 9.90. The van der Waals surface area contributed by atoms with E-state index in [9.17, 15) is 13.2 Å². The predicted octanol–water partition coefficient (Wildman–Crippen LogP) is 5.11. The summed E-state index contributed by atoms with van der Waals surface area (Å²) in [6.45, 7) is 7.03. The highest BCUT2D eigenvalue weighted by molar-refractivity contribution is 7.90. The Kier molecular flexibility index (Phi) is 7.45. The number of hydrogen-bond donors (Lipinski definition) is 1. The molecule has 0 spiro atoms. The van der Waals surface area contributed by atoms with Crippen molar-refractivity contribution in [2.24, 2.45) is 5.92 Å². The molecule has 1 unspecified atom stereocenters. The van der Waals surface area contributed by atoms with Crippen molar-refractivity contribution in [3.8, 4) is 5.88 Å². The lowest BCUT2D eigenvalue weighted by Crippen LogP contribution is -2.43. The molecule has 36 heavy (non-hydrogen) atoms. The molecule has 190 valence electrons. The number of carbonyl (C=O) groups is 1. The van der Waals surface area contributed by atoms with Gasteiger partial charge < -0.3 is 9.64 Å². The Labute approximate surface area is 220 Å². The van der Waals surface area contributed by atoms with E-state index < -0.39 is 15.9 Å². The number of nitrogens with one attached hydrogen (secondary N) is 1. The monoisotopic (exact) mass is 548 g/mol. The van der Waals surface area contributed by atoms with Gasteiger partial charge in [-0.1, -0.05) is 42.3 Å². The molecule has 2 aromatic heterocycles. The Morgan fingerprint density at radius 3 is 2.50 bits per heavy atom. The molecule has 3 aromatic rings. The first kappa shape index (κ1) is 26.2. The van der Waals surface area contributed by atoms with E-state index >= 15 is 0 Å². The van der Waals surface area contributed by atoms with Gasteiger partial charge in [0.2, 0.25) is 5.88 Å². The second kappa shape index (κ2) is 10.2. The average Bonchev–Trinajstić information content (AvgIpc) is 3.10. The number of aromatic nitrogens is 2. The zero-order valence-electron chi connectivity index (χ0n) is 20.0. The van der Waals surface area contributed by atoms with E-state index in [1.807, 2.05) is 4.90 Å². The van der Waals surface area contributed by atoms with Crippen LogP contribution in [0, 0.1) is 5.92 Å². The summed E-state index contributed by atoms with van der Waals surface area (Å²) in [4.78, 5) is 23.6. The molecular weight excluding hydrogens is 523 g/mol. The predicted molar refractivity (Wildman–Crippen MR) is 139 cm³/mol. The molecule has 0 aliphatic carbocycles. The molecule has 3 heterocycles. The summed E-state index contributed by atoms with van der Waals surface area (Å²) in [6, 6.07) is 12.5. The molecule has 1 amide bonds. The summed E-state index contributed by atoms with van der Waals surface area (Å²) in [5.74, 6) is 0.0774. The van der Waals surface area contributed by atoms with Gasteiger partial charge in [0.05, 0.1) is 5.56 Å². The number of carbonyl (C=O) groups excluding carboxylic acids is 1. The van der Waals surface area contributed by atoms with E-state index in [2.05, 4.69) is 35.5 Å². The van der Waals surface area contributed by atoms with Crippen molar-refractivity contribution < 1.29 is 17.9 Å². The van der Waals surface area contributed by atoms with Gasteiger partial charge in [-0.15, -0.1) is 0 Å². The van der Waals surface area contributed by atoms with Gasteiger partial charge in [-0.2, -0.15) is 13.4 Å². The fourth-order valence-electron chi connectivity index (χ4n) is 4.07. The number of halogens is 2. The van der Waals surface area contributed by atoms with Crippen LogP contribution in [0.5, 0.6) is 5.88 Å². The van der Waals surface area contributed by atoms with Gasteiger partial charge in [0.15, 0.2) is 5.03 Å². The number of amides is 1. The standard InChI is InChI=1S/C25H26Cl2N4O4S/c1-16-12-14-31(25(16,2)3)23-17(7-6-13-28-23)24(32)30-36(33,34)22-11-5-10-21(29-22)35-15-18-19(26)8-4-9-20(18)27/h4-11,13,16H,12,14-15H2,1-3H3,(H,30,32). The van der Waals surface area contributed by atoms with Crippen LogP contribution in [0.25, 0.3) is 0 Å². The third kappa shape index (κ3) is 5.28. The summed E-state index contributed by atoms with van der Waals surface area (Å²) >= 11 is 12.3. The van der Waals surface area contributed by atoms with Gasteiger partial charge in [-0.3, -0.25) is 4.79 Å². The van der Waals surface area contributed by atoms with Crippen LogP contribution in [0.2, 0.25) is 10.0 Å². The molecule has 8 nitrogen and oxygen atoms in total. The third-order valence-corrected chi connectivity index (χ3v) is 8.54. The van der Waals surface area contributed by atoms with E-state index in [-0.39, 0.29) is 28.6 Å². The summed E-state index contributed by atoms with van der Waals surface area (Å²) in [6.07, 6.45) is 2.53. The topological polar surface area (TPSA) is 101 Å². The lowest BCUT2D eigenvalue weighted by molar-refractivity contribution is 0.0981. The average molecular weight is 549 g/mol. The number of benzene rings is 1. The molecule has 1 aliphatic rings. The second-order valence-corrected chi connectivity index (χ2v) is 11.6. The van der Waals surface area contributed by atoms with Gasteiger partial charge in [0.1, 0.15) is 12.4 Å². The van der Waals surface area contributed by atoms with Crippen LogP contribution in [0.15, 0.2) is 59.8 Å². The number of anilines is 1. The van der Waals surface area contributed by atoms with Gasteiger partial charge in [0, 0.05) is 40.0 Å². The number of sulfonamides is 1. The Morgan fingerprint density at radius 1 is 1.14 bits per heavy atom. The van der Waals surface area contributed by atoms with Crippen LogP contribution in [0.3, 0.4) is 0 Å². The first-order valence-electron chi connectivity index (χ1n) is 11.3. The molecule has 1 N–H and O–H groups in total. The first-order chi connectivity index (χ1) is 17.0. The fourth-order valence-corrected chi connectivity index (χ4v) is 5.50. The van der Waals surface area contributed by atoms with Crippen LogP contribution < -0.4 is 14.4 Å². The van der Waals surface area contributed by atoms with Crippen molar-refractivity contribution in [2.75, 3.05) is 11.4 Å². The molecule has 1 aliphatic heterocycles. The minimum atomic E-state index is -4.30. The molecule has 0 saturated carbocycles. The first-order valence-corrected chi connectivity index (χ1v) is 13.6. The maximum atomic E-state index is 13.1. The highest BCUT2D eigenvalue weighted by atomic mass is 35.5. The van der Waals surface area contributed by atoms with Crippen LogP contribution in [0.4, 0.5) is 5.82 Å². The normalized spacial score (nSPS) is 17.1. The van der Waals surface area contributed by atoms with Gasteiger partial charge in [-0.25, -0.2) is 9.71 Å². The van der Waals surface area contributed by atoms with Crippen molar-refractivity contribution in [1.82, 2.24) is 14.7 Å². The molecule has 0 radical (unpaired) electrons.